The van der Waals surface area contributed by atoms with Crippen LogP contribution in [0.3, 0.4) is 0 Å². The van der Waals surface area contributed by atoms with Crippen LogP contribution in [0, 0.1) is 5.41 Å². The van der Waals surface area contributed by atoms with Gasteiger partial charge in [0.05, 0.1) is 5.41 Å². The fraction of sp³-hybridized carbons (Fsp3) is 0.333. The summed E-state index contributed by atoms with van der Waals surface area (Å²) in [6.45, 7) is 3.71. The van der Waals surface area contributed by atoms with Crippen molar-refractivity contribution in [2.75, 3.05) is 19.6 Å². The van der Waals surface area contributed by atoms with Gasteiger partial charge in [-0.05, 0) is 66.6 Å². The number of nitrogens with zero attached hydrogens (tertiary/aromatic N) is 3. The molecule has 1 saturated heterocycles. The highest BCUT2D eigenvalue weighted by atomic mass is 16.2. The normalized spacial score (nSPS) is 18.0. The van der Waals surface area contributed by atoms with Crippen molar-refractivity contribution in [3.8, 4) is 11.1 Å². The van der Waals surface area contributed by atoms with Crippen molar-refractivity contribution >= 4 is 11.8 Å². The monoisotopic (exact) mass is 442 g/mol. The lowest BCUT2D eigenvalue weighted by molar-refractivity contribution is -0.133. The highest BCUT2D eigenvalue weighted by Gasteiger charge is 2.43. The van der Waals surface area contributed by atoms with E-state index in [0.717, 1.165) is 36.0 Å². The lowest BCUT2D eigenvalue weighted by atomic mass is 9.74. The minimum absolute atomic E-state index is 0.0288. The number of piperidine rings is 1. The third kappa shape index (κ3) is 5.28. The van der Waals surface area contributed by atoms with Crippen LogP contribution in [0.4, 0.5) is 0 Å². The second-order valence-corrected chi connectivity index (χ2v) is 8.69. The van der Waals surface area contributed by atoms with Crippen LogP contribution in [-0.4, -0.2) is 46.3 Å². The molecule has 170 valence electrons. The number of carbonyl (C=O) groups is 2. The van der Waals surface area contributed by atoms with Gasteiger partial charge in [-0.1, -0.05) is 37.3 Å². The zero-order valence-corrected chi connectivity index (χ0v) is 19.0. The Balaban J connectivity index is 1.58. The van der Waals surface area contributed by atoms with Crippen molar-refractivity contribution < 1.29 is 9.59 Å². The van der Waals surface area contributed by atoms with Crippen LogP contribution in [0.1, 0.15) is 42.2 Å². The SMILES string of the molecule is CCCNC(=O)[C@]1(Cc2ccc(-c3ccncc3)cc2)CCCN(C(=O)c2ccccn2)C1. The fourth-order valence-electron chi connectivity index (χ4n) is 4.54. The first-order valence-electron chi connectivity index (χ1n) is 11.6. The van der Waals surface area contributed by atoms with Crippen LogP contribution in [0.25, 0.3) is 11.1 Å². The Labute approximate surface area is 195 Å². The summed E-state index contributed by atoms with van der Waals surface area (Å²) in [5, 5.41) is 3.10. The molecule has 3 aromatic rings. The van der Waals surface area contributed by atoms with Crippen LogP contribution >= 0.6 is 0 Å². The second-order valence-electron chi connectivity index (χ2n) is 8.69. The number of benzene rings is 1. The average molecular weight is 443 g/mol. The molecule has 2 aromatic heterocycles. The molecule has 0 aliphatic carbocycles. The predicted molar refractivity (Wildman–Crippen MR) is 128 cm³/mol. The number of amides is 2. The minimum Gasteiger partial charge on any atom is -0.356 e. The molecule has 1 aliphatic rings. The number of aromatic nitrogens is 2. The zero-order valence-electron chi connectivity index (χ0n) is 19.0. The third-order valence-corrected chi connectivity index (χ3v) is 6.28. The van der Waals surface area contributed by atoms with E-state index >= 15 is 0 Å². The molecule has 1 aromatic carbocycles. The highest BCUT2D eigenvalue weighted by molar-refractivity contribution is 5.93. The number of hydrogen-bond acceptors (Lipinski definition) is 4. The summed E-state index contributed by atoms with van der Waals surface area (Å²) in [5.41, 5.74) is 3.07. The summed E-state index contributed by atoms with van der Waals surface area (Å²) in [6.07, 6.45) is 8.19. The third-order valence-electron chi connectivity index (χ3n) is 6.28. The van der Waals surface area contributed by atoms with Crippen molar-refractivity contribution in [2.45, 2.75) is 32.6 Å². The maximum atomic E-state index is 13.4. The van der Waals surface area contributed by atoms with Crippen LogP contribution in [-0.2, 0) is 11.2 Å². The highest BCUT2D eigenvalue weighted by Crippen LogP contribution is 2.35. The topological polar surface area (TPSA) is 75.2 Å². The first kappa shape index (κ1) is 22.6. The molecule has 1 fully saturated rings. The molecule has 0 unspecified atom stereocenters. The Morgan fingerprint density at radius 2 is 1.76 bits per heavy atom. The maximum absolute atomic E-state index is 13.4. The van der Waals surface area contributed by atoms with Gasteiger partial charge in [-0.3, -0.25) is 19.6 Å². The Morgan fingerprint density at radius 3 is 2.45 bits per heavy atom. The predicted octanol–water partition coefficient (Wildman–Crippen LogP) is 4.13. The molecule has 1 atom stereocenters. The smallest absolute Gasteiger partial charge is 0.272 e. The molecule has 33 heavy (non-hydrogen) atoms. The van der Waals surface area contributed by atoms with Crippen molar-refractivity contribution in [1.82, 2.24) is 20.2 Å². The Morgan fingerprint density at radius 1 is 1.00 bits per heavy atom. The van der Waals surface area contributed by atoms with Gasteiger partial charge < -0.3 is 10.2 Å². The van der Waals surface area contributed by atoms with Gasteiger partial charge in [0.1, 0.15) is 5.69 Å². The van der Waals surface area contributed by atoms with Gasteiger partial charge in [-0.2, -0.15) is 0 Å². The Hall–Kier alpha value is -3.54. The van der Waals surface area contributed by atoms with E-state index in [1.165, 1.54) is 0 Å². The van der Waals surface area contributed by atoms with Crippen molar-refractivity contribution in [2.24, 2.45) is 5.41 Å². The lowest BCUT2D eigenvalue weighted by Crippen LogP contribution is -2.54. The number of nitrogens with one attached hydrogen (secondary N) is 1. The summed E-state index contributed by atoms with van der Waals surface area (Å²) in [6, 6.07) is 17.7. The summed E-state index contributed by atoms with van der Waals surface area (Å²) in [4.78, 5) is 36.6. The summed E-state index contributed by atoms with van der Waals surface area (Å²) in [7, 11) is 0. The van der Waals surface area contributed by atoms with Gasteiger partial charge in [-0.25, -0.2) is 0 Å². The van der Waals surface area contributed by atoms with Crippen molar-refractivity contribution in [1.29, 1.82) is 0 Å². The van der Waals surface area contributed by atoms with Gasteiger partial charge in [-0.15, -0.1) is 0 Å². The number of likely N-dealkylation sites (tertiary alicyclic amines) is 1. The van der Waals surface area contributed by atoms with Crippen LogP contribution in [0.15, 0.2) is 73.2 Å². The standard InChI is InChI=1S/C27H30N4O2/c1-2-14-30-26(33)27(13-5-18-31(20-27)25(32)24-6-3-4-15-29-24)19-21-7-9-22(10-8-21)23-11-16-28-17-12-23/h3-4,6-12,15-17H,2,5,13-14,18-20H2,1H3,(H,30,33)/t27-/m0/s1. The average Bonchev–Trinajstić information content (AvgIpc) is 2.88. The van der Waals surface area contributed by atoms with E-state index in [1.54, 1.807) is 35.6 Å². The Kier molecular flexibility index (Phi) is 7.13. The van der Waals surface area contributed by atoms with Gasteiger partial charge >= 0.3 is 0 Å². The summed E-state index contributed by atoms with van der Waals surface area (Å²) in [5.74, 6) is -0.0860. The lowest BCUT2D eigenvalue weighted by Gasteiger charge is -2.42. The number of rotatable bonds is 7. The summed E-state index contributed by atoms with van der Waals surface area (Å²) < 4.78 is 0. The molecule has 0 bridgehead atoms. The molecule has 1 aliphatic heterocycles. The van der Waals surface area contributed by atoms with E-state index in [1.807, 2.05) is 25.1 Å². The molecule has 0 saturated carbocycles. The molecule has 2 amide bonds. The number of pyridine rings is 2. The van der Waals surface area contributed by atoms with Crippen LogP contribution < -0.4 is 5.32 Å². The molecular formula is C27H30N4O2. The molecule has 0 radical (unpaired) electrons. The van der Waals surface area contributed by atoms with E-state index in [-0.39, 0.29) is 11.8 Å². The molecule has 1 N–H and O–H groups in total. The molecule has 0 spiro atoms. The first-order chi connectivity index (χ1) is 16.1. The number of hydrogen-bond donors (Lipinski definition) is 1. The van der Waals surface area contributed by atoms with Crippen molar-refractivity contribution in [3.63, 3.8) is 0 Å². The van der Waals surface area contributed by atoms with Crippen LogP contribution in [0.2, 0.25) is 0 Å². The second kappa shape index (κ2) is 10.4. The largest absolute Gasteiger partial charge is 0.356 e. The van der Waals surface area contributed by atoms with E-state index in [2.05, 4.69) is 39.6 Å². The van der Waals surface area contributed by atoms with Gasteiger partial charge in [0, 0.05) is 38.2 Å². The van der Waals surface area contributed by atoms with Crippen molar-refractivity contribution in [3.05, 3.63) is 84.4 Å². The van der Waals surface area contributed by atoms with E-state index in [4.69, 9.17) is 0 Å². The first-order valence-corrected chi connectivity index (χ1v) is 11.6. The summed E-state index contributed by atoms with van der Waals surface area (Å²) >= 11 is 0. The Bertz CT molecular complexity index is 1070. The molecule has 6 heteroatoms. The molecule has 6 nitrogen and oxygen atoms in total. The molecule has 4 rings (SSSR count). The zero-order chi connectivity index (χ0) is 23.1. The van der Waals surface area contributed by atoms with E-state index in [9.17, 15) is 9.59 Å². The number of carbonyl (C=O) groups excluding carboxylic acids is 2. The maximum Gasteiger partial charge on any atom is 0.272 e. The van der Waals surface area contributed by atoms with Gasteiger partial charge in [0.15, 0.2) is 0 Å². The van der Waals surface area contributed by atoms with E-state index in [0.29, 0.717) is 31.7 Å². The minimum atomic E-state index is -0.657. The van der Waals surface area contributed by atoms with Gasteiger partial charge in [0.2, 0.25) is 5.91 Å². The molecular weight excluding hydrogens is 412 g/mol. The quantitative estimate of drug-likeness (QED) is 0.597. The molecule has 3 heterocycles. The van der Waals surface area contributed by atoms with Gasteiger partial charge in [0.25, 0.3) is 5.91 Å². The van der Waals surface area contributed by atoms with Crippen LogP contribution in [0.5, 0.6) is 0 Å². The fourth-order valence-corrected chi connectivity index (χ4v) is 4.54. The van der Waals surface area contributed by atoms with E-state index < -0.39 is 5.41 Å².